The number of amides is 2. The number of carbonyl (C=O) groups excluding carboxylic acids is 2. The van der Waals surface area contributed by atoms with Gasteiger partial charge in [-0.05, 0) is 23.1 Å². The molecule has 0 aliphatic heterocycles. The largest absolute Gasteiger partial charge is 0.273 e. The summed E-state index contributed by atoms with van der Waals surface area (Å²) < 4.78 is 0. The quantitative estimate of drug-likeness (QED) is 0.650. The summed E-state index contributed by atoms with van der Waals surface area (Å²) in [7, 11) is 0. The number of hydrogen-bond donors (Lipinski definition) is 2. The van der Waals surface area contributed by atoms with E-state index in [1.807, 2.05) is 12.1 Å². The SMILES string of the molecule is CC(C)(C)c1ccc(C(=O)NNC(=O)Cc2ccccc2[N+](=O)[O-])cc1. The van der Waals surface area contributed by atoms with Gasteiger partial charge in [-0.15, -0.1) is 0 Å². The van der Waals surface area contributed by atoms with Crippen molar-refractivity contribution in [1.29, 1.82) is 0 Å². The van der Waals surface area contributed by atoms with Crippen LogP contribution in [0.5, 0.6) is 0 Å². The molecule has 0 fully saturated rings. The smallest absolute Gasteiger partial charge is 0.273 e. The molecule has 7 heteroatoms. The average molecular weight is 355 g/mol. The highest BCUT2D eigenvalue weighted by Crippen LogP contribution is 2.22. The van der Waals surface area contributed by atoms with Crippen molar-refractivity contribution in [2.45, 2.75) is 32.6 Å². The maximum absolute atomic E-state index is 12.1. The van der Waals surface area contributed by atoms with Gasteiger partial charge in [0.25, 0.3) is 11.6 Å². The second kappa shape index (κ2) is 7.77. The minimum absolute atomic E-state index is 0.0202. The van der Waals surface area contributed by atoms with Gasteiger partial charge in [-0.1, -0.05) is 51.1 Å². The number of hydrogen-bond acceptors (Lipinski definition) is 4. The fourth-order valence-electron chi connectivity index (χ4n) is 2.38. The summed E-state index contributed by atoms with van der Waals surface area (Å²) in [5.74, 6) is -1.000. The Hall–Kier alpha value is -3.22. The zero-order chi connectivity index (χ0) is 19.3. The van der Waals surface area contributed by atoms with Crippen LogP contribution in [0.2, 0.25) is 0 Å². The van der Waals surface area contributed by atoms with E-state index in [0.29, 0.717) is 5.56 Å². The first-order valence-electron chi connectivity index (χ1n) is 8.10. The molecular weight excluding hydrogens is 334 g/mol. The van der Waals surface area contributed by atoms with Crippen molar-refractivity contribution in [2.24, 2.45) is 0 Å². The summed E-state index contributed by atoms with van der Waals surface area (Å²) in [6, 6.07) is 13.1. The van der Waals surface area contributed by atoms with Crippen LogP contribution in [0.15, 0.2) is 48.5 Å². The molecule has 2 aromatic rings. The van der Waals surface area contributed by atoms with Gasteiger partial charge in [0.1, 0.15) is 0 Å². The van der Waals surface area contributed by atoms with Crippen LogP contribution in [0.25, 0.3) is 0 Å². The number of benzene rings is 2. The predicted molar refractivity (Wildman–Crippen MR) is 97.6 cm³/mol. The molecule has 0 aliphatic carbocycles. The fourth-order valence-corrected chi connectivity index (χ4v) is 2.38. The Bertz CT molecular complexity index is 823. The van der Waals surface area contributed by atoms with Crippen LogP contribution in [0.1, 0.15) is 42.3 Å². The fraction of sp³-hybridized carbons (Fsp3) is 0.263. The van der Waals surface area contributed by atoms with Crippen molar-refractivity contribution in [2.75, 3.05) is 0 Å². The summed E-state index contributed by atoms with van der Waals surface area (Å²) in [4.78, 5) is 34.5. The highest BCUT2D eigenvalue weighted by Gasteiger charge is 2.17. The van der Waals surface area contributed by atoms with E-state index in [2.05, 4.69) is 31.6 Å². The van der Waals surface area contributed by atoms with E-state index in [9.17, 15) is 19.7 Å². The monoisotopic (exact) mass is 355 g/mol. The van der Waals surface area contributed by atoms with Gasteiger partial charge in [0.05, 0.1) is 11.3 Å². The zero-order valence-electron chi connectivity index (χ0n) is 14.9. The number of nitro groups is 1. The minimum Gasteiger partial charge on any atom is -0.273 e. The van der Waals surface area contributed by atoms with E-state index in [0.717, 1.165) is 5.56 Å². The second-order valence-corrected chi connectivity index (χ2v) is 6.89. The minimum atomic E-state index is -0.544. The van der Waals surface area contributed by atoms with E-state index in [1.54, 1.807) is 18.2 Å². The molecule has 0 heterocycles. The van der Waals surface area contributed by atoms with Crippen LogP contribution in [0.4, 0.5) is 5.69 Å². The molecule has 0 atom stereocenters. The Morgan fingerprint density at radius 2 is 1.62 bits per heavy atom. The van der Waals surface area contributed by atoms with Crippen LogP contribution in [0, 0.1) is 10.1 Å². The number of nitrogens with zero attached hydrogens (tertiary/aromatic N) is 1. The summed E-state index contributed by atoms with van der Waals surface area (Å²) in [6.45, 7) is 6.22. The van der Waals surface area contributed by atoms with Gasteiger partial charge in [-0.2, -0.15) is 0 Å². The standard InChI is InChI=1S/C19H21N3O4/c1-19(2,3)15-10-8-13(9-11-15)18(24)21-20-17(23)12-14-6-4-5-7-16(14)22(25)26/h4-11H,12H2,1-3H3,(H,20,23)(H,21,24). The topological polar surface area (TPSA) is 101 Å². The summed E-state index contributed by atoms with van der Waals surface area (Å²) in [5.41, 5.74) is 6.22. The number of hydrazine groups is 1. The van der Waals surface area contributed by atoms with Crippen molar-refractivity contribution in [3.63, 3.8) is 0 Å². The normalized spacial score (nSPS) is 10.9. The van der Waals surface area contributed by atoms with Gasteiger partial charge in [0.15, 0.2) is 0 Å². The van der Waals surface area contributed by atoms with Crippen LogP contribution >= 0.6 is 0 Å². The van der Waals surface area contributed by atoms with Crippen molar-refractivity contribution >= 4 is 17.5 Å². The zero-order valence-corrected chi connectivity index (χ0v) is 14.9. The molecule has 2 rings (SSSR count). The van der Waals surface area contributed by atoms with Crippen LogP contribution < -0.4 is 10.9 Å². The van der Waals surface area contributed by atoms with Crippen LogP contribution in [0.3, 0.4) is 0 Å². The lowest BCUT2D eigenvalue weighted by Gasteiger charge is -2.19. The number of nitrogens with one attached hydrogen (secondary N) is 2. The Labute approximate surface area is 151 Å². The van der Waals surface area contributed by atoms with Crippen LogP contribution in [-0.2, 0) is 16.6 Å². The maximum Gasteiger partial charge on any atom is 0.273 e. The number of nitro benzene ring substituents is 1. The molecule has 136 valence electrons. The molecular formula is C19H21N3O4. The highest BCUT2D eigenvalue weighted by molar-refractivity contribution is 5.95. The van der Waals surface area contributed by atoms with E-state index in [-0.39, 0.29) is 23.1 Å². The van der Waals surface area contributed by atoms with E-state index in [4.69, 9.17) is 0 Å². The van der Waals surface area contributed by atoms with Crippen molar-refractivity contribution < 1.29 is 14.5 Å². The summed E-state index contributed by atoms with van der Waals surface area (Å²) in [5, 5.41) is 11.0. The van der Waals surface area contributed by atoms with E-state index >= 15 is 0 Å². The molecule has 0 aromatic heterocycles. The van der Waals surface area contributed by atoms with Crippen LogP contribution in [-0.4, -0.2) is 16.7 Å². The third-order valence-electron chi connectivity index (χ3n) is 3.87. The first-order valence-corrected chi connectivity index (χ1v) is 8.10. The van der Waals surface area contributed by atoms with Crippen molar-refractivity contribution in [3.05, 3.63) is 75.3 Å². The van der Waals surface area contributed by atoms with Crippen molar-refractivity contribution in [1.82, 2.24) is 10.9 Å². The van der Waals surface area contributed by atoms with Gasteiger partial charge in [0, 0.05) is 17.2 Å². The molecule has 2 amide bonds. The van der Waals surface area contributed by atoms with Gasteiger partial charge in [0.2, 0.25) is 5.91 Å². The predicted octanol–water partition coefficient (Wildman–Crippen LogP) is 2.90. The number of carbonyl (C=O) groups is 2. The van der Waals surface area contributed by atoms with E-state index < -0.39 is 16.7 Å². The molecule has 0 saturated heterocycles. The molecule has 26 heavy (non-hydrogen) atoms. The molecule has 0 spiro atoms. The number of rotatable bonds is 4. The van der Waals surface area contributed by atoms with Gasteiger partial charge < -0.3 is 0 Å². The number of para-hydroxylation sites is 1. The Kier molecular flexibility index (Phi) is 5.71. The van der Waals surface area contributed by atoms with Gasteiger partial charge in [-0.25, -0.2) is 0 Å². The second-order valence-electron chi connectivity index (χ2n) is 6.89. The summed E-state index contributed by atoms with van der Waals surface area (Å²) >= 11 is 0. The average Bonchev–Trinajstić information content (AvgIpc) is 2.59. The molecule has 0 unspecified atom stereocenters. The maximum atomic E-state index is 12.1. The molecule has 0 bridgehead atoms. The van der Waals surface area contributed by atoms with Gasteiger partial charge >= 0.3 is 0 Å². The first-order chi connectivity index (χ1) is 12.2. The Balaban J connectivity index is 1.95. The highest BCUT2D eigenvalue weighted by atomic mass is 16.6. The lowest BCUT2D eigenvalue weighted by atomic mass is 9.87. The molecule has 0 saturated carbocycles. The Morgan fingerprint density at radius 1 is 1.00 bits per heavy atom. The molecule has 7 nitrogen and oxygen atoms in total. The third-order valence-corrected chi connectivity index (χ3v) is 3.87. The van der Waals surface area contributed by atoms with Crippen molar-refractivity contribution in [3.8, 4) is 0 Å². The summed E-state index contributed by atoms with van der Waals surface area (Å²) in [6.07, 6.45) is -0.208. The van der Waals surface area contributed by atoms with E-state index in [1.165, 1.54) is 18.2 Å². The Morgan fingerprint density at radius 3 is 2.19 bits per heavy atom. The molecule has 2 aromatic carbocycles. The third kappa shape index (κ3) is 4.89. The first kappa shape index (κ1) is 19.1. The van der Waals surface area contributed by atoms with Gasteiger partial charge in [-0.3, -0.25) is 30.6 Å². The lowest BCUT2D eigenvalue weighted by molar-refractivity contribution is -0.385. The lowest BCUT2D eigenvalue weighted by Crippen LogP contribution is -2.42. The molecule has 0 radical (unpaired) electrons. The molecule has 0 aliphatic rings. The molecule has 2 N–H and O–H groups in total.